The van der Waals surface area contributed by atoms with Crippen molar-refractivity contribution in [2.75, 3.05) is 19.8 Å². The van der Waals surface area contributed by atoms with E-state index in [1.807, 2.05) is 0 Å². The van der Waals surface area contributed by atoms with Gasteiger partial charge in [-0.1, -0.05) is 20.8 Å². The molecule has 1 fully saturated rings. The van der Waals surface area contributed by atoms with Gasteiger partial charge in [-0.05, 0) is 12.8 Å². The van der Waals surface area contributed by atoms with Crippen LogP contribution in [0.3, 0.4) is 0 Å². The predicted molar refractivity (Wildman–Crippen MR) is 61.1 cm³/mol. The van der Waals surface area contributed by atoms with Gasteiger partial charge in [-0.2, -0.15) is 13.2 Å². The van der Waals surface area contributed by atoms with Crippen LogP contribution in [0.4, 0.5) is 13.2 Å². The normalized spacial score (nSPS) is 18.8. The first-order chi connectivity index (χ1) is 8.11. The molecule has 1 rings (SSSR count). The van der Waals surface area contributed by atoms with E-state index < -0.39 is 24.0 Å². The topological polar surface area (TPSA) is 29.5 Å². The van der Waals surface area contributed by atoms with Crippen LogP contribution in [0.1, 0.15) is 33.6 Å². The predicted octanol–water partition coefficient (Wildman–Crippen LogP) is 2.60. The molecule has 18 heavy (non-hydrogen) atoms. The third-order valence-electron chi connectivity index (χ3n) is 2.88. The van der Waals surface area contributed by atoms with Gasteiger partial charge in [0.25, 0.3) is 0 Å². The number of alkyl halides is 3. The Morgan fingerprint density at radius 1 is 1.22 bits per heavy atom. The highest BCUT2D eigenvalue weighted by Gasteiger charge is 2.40. The molecular weight excluding hydrogens is 247 g/mol. The Morgan fingerprint density at radius 2 is 1.72 bits per heavy atom. The molecule has 0 unspecified atom stereocenters. The van der Waals surface area contributed by atoms with E-state index in [1.54, 1.807) is 20.8 Å². The molecule has 0 aliphatic carbocycles. The van der Waals surface area contributed by atoms with E-state index in [1.165, 1.54) is 0 Å². The molecule has 1 amide bonds. The van der Waals surface area contributed by atoms with Crippen molar-refractivity contribution in [2.45, 2.75) is 45.8 Å². The molecule has 1 saturated heterocycles. The standard InChI is InChI=1S/C12H20F3NO2/c1-11(2,3)10(17)16(8-12(13,14)15)9-4-6-18-7-5-9/h9H,4-8H2,1-3H3. The molecule has 1 heterocycles. The highest BCUT2D eigenvalue weighted by Crippen LogP contribution is 2.27. The SMILES string of the molecule is CC(C)(C)C(=O)N(CC(F)(F)F)C1CCOCC1. The Morgan fingerprint density at radius 3 is 2.11 bits per heavy atom. The maximum Gasteiger partial charge on any atom is 0.406 e. The minimum Gasteiger partial charge on any atom is -0.381 e. The summed E-state index contributed by atoms with van der Waals surface area (Å²) in [5.74, 6) is -0.452. The van der Waals surface area contributed by atoms with Gasteiger partial charge in [-0.15, -0.1) is 0 Å². The first-order valence-electron chi connectivity index (χ1n) is 6.07. The van der Waals surface area contributed by atoms with Crippen LogP contribution in [-0.4, -0.2) is 42.8 Å². The van der Waals surface area contributed by atoms with Gasteiger partial charge < -0.3 is 9.64 Å². The van der Waals surface area contributed by atoms with E-state index in [-0.39, 0.29) is 6.04 Å². The number of rotatable bonds is 2. The Labute approximate surface area is 105 Å². The molecule has 1 aliphatic rings. The summed E-state index contributed by atoms with van der Waals surface area (Å²) in [7, 11) is 0. The molecular formula is C12H20F3NO2. The third kappa shape index (κ3) is 4.48. The zero-order valence-electron chi connectivity index (χ0n) is 11.0. The van der Waals surface area contributed by atoms with Crippen LogP contribution < -0.4 is 0 Å². The molecule has 0 bridgehead atoms. The number of nitrogens with zero attached hydrogens (tertiary/aromatic N) is 1. The number of ether oxygens (including phenoxy) is 1. The van der Waals surface area contributed by atoms with E-state index in [0.29, 0.717) is 26.1 Å². The molecule has 0 atom stereocenters. The van der Waals surface area contributed by atoms with Crippen molar-refractivity contribution in [1.29, 1.82) is 0 Å². The highest BCUT2D eigenvalue weighted by molar-refractivity contribution is 5.81. The molecule has 0 radical (unpaired) electrons. The lowest BCUT2D eigenvalue weighted by Crippen LogP contribution is -2.51. The van der Waals surface area contributed by atoms with Crippen molar-refractivity contribution >= 4 is 5.91 Å². The van der Waals surface area contributed by atoms with Crippen molar-refractivity contribution in [1.82, 2.24) is 4.90 Å². The van der Waals surface area contributed by atoms with Crippen molar-refractivity contribution < 1.29 is 22.7 Å². The van der Waals surface area contributed by atoms with E-state index in [4.69, 9.17) is 4.74 Å². The third-order valence-corrected chi connectivity index (χ3v) is 2.88. The second kappa shape index (κ2) is 5.47. The largest absolute Gasteiger partial charge is 0.406 e. The first-order valence-corrected chi connectivity index (χ1v) is 6.07. The van der Waals surface area contributed by atoms with Crippen LogP contribution in [0.25, 0.3) is 0 Å². The second-order valence-electron chi connectivity index (χ2n) is 5.64. The summed E-state index contributed by atoms with van der Waals surface area (Å²) in [6.07, 6.45) is -3.42. The van der Waals surface area contributed by atoms with Crippen LogP contribution in [0.5, 0.6) is 0 Å². The molecule has 6 heteroatoms. The Bertz CT molecular complexity index is 291. The number of hydrogen-bond acceptors (Lipinski definition) is 2. The maximum atomic E-state index is 12.6. The van der Waals surface area contributed by atoms with Gasteiger partial charge in [0.1, 0.15) is 6.54 Å². The van der Waals surface area contributed by atoms with E-state index in [0.717, 1.165) is 4.90 Å². The smallest absolute Gasteiger partial charge is 0.381 e. The molecule has 0 N–H and O–H groups in total. The molecule has 1 aliphatic heterocycles. The molecule has 0 aromatic rings. The lowest BCUT2D eigenvalue weighted by Gasteiger charge is -2.38. The molecule has 0 saturated carbocycles. The average molecular weight is 267 g/mol. The van der Waals surface area contributed by atoms with Gasteiger partial charge in [0.05, 0.1) is 0 Å². The van der Waals surface area contributed by atoms with E-state index >= 15 is 0 Å². The fourth-order valence-corrected chi connectivity index (χ4v) is 1.99. The zero-order valence-corrected chi connectivity index (χ0v) is 11.0. The molecule has 0 aromatic heterocycles. The van der Waals surface area contributed by atoms with Crippen LogP contribution in [0.15, 0.2) is 0 Å². The summed E-state index contributed by atoms with van der Waals surface area (Å²) < 4.78 is 42.9. The van der Waals surface area contributed by atoms with Crippen molar-refractivity contribution in [3.05, 3.63) is 0 Å². The van der Waals surface area contributed by atoms with Crippen molar-refractivity contribution in [3.8, 4) is 0 Å². The summed E-state index contributed by atoms with van der Waals surface area (Å²) in [4.78, 5) is 13.1. The second-order valence-corrected chi connectivity index (χ2v) is 5.64. The number of halogens is 3. The van der Waals surface area contributed by atoms with E-state index in [9.17, 15) is 18.0 Å². The minimum absolute atomic E-state index is 0.368. The summed E-state index contributed by atoms with van der Waals surface area (Å²) in [6, 6.07) is -0.368. The summed E-state index contributed by atoms with van der Waals surface area (Å²) >= 11 is 0. The van der Waals surface area contributed by atoms with Crippen molar-refractivity contribution in [3.63, 3.8) is 0 Å². The molecule has 0 aromatic carbocycles. The average Bonchev–Trinajstić information content (AvgIpc) is 2.24. The van der Waals surface area contributed by atoms with Gasteiger partial charge >= 0.3 is 6.18 Å². The highest BCUT2D eigenvalue weighted by atomic mass is 19.4. The van der Waals surface area contributed by atoms with Crippen LogP contribution >= 0.6 is 0 Å². The minimum atomic E-state index is -4.36. The van der Waals surface area contributed by atoms with Gasteiger partial charge in [0.15, 0.2) is 0 Å². The monoisotopic (exact) mass is 267 g/mol. The number of carbonyl (C=O) groups excluding carboxylic acids is 1. The van der Waals surface area contributed by atoms with Crippen molar-refractivity contribution in [2.24, 2.45) is 5.41 Å². The van der Waals surface area contributed by atoms with Gasteiger partial charge in [-0.25, -0.2) is 0 Å². The zero-order chi connectivity index (χ0) is 14.0. The molecule has 3 nitrogen and oxygen atoms in total. The van der Waals surface area contributed by atoms with E-state index in [2.05, 4.69) is 0 Å². The van der Waals surface area contributed by atoms with Gasteiger partial charge in [0, 0.05) is 24.7 Å². The lowest BCUT2D eigenvalue weighted by atomic mass is 9.92. The number of hydrogen-bond donors (Lipinski definition) is 0. The fraction of sp³-hybridized carbons (Fsp3) is 0.917. The molecule has 0 spiro atoms. The quantitative estimate of drug-likeness (QED) is 0.769. The number of carbonyl (C=O) groups is 1. The Balaban J connectivity index is 2.83. The lowest BCUT2D eigenvalue weighted by molar-refractivity contribution is -0.173. The Hall–Kier alpha value is -0.780. The first kappa shape index (κ1) is 15.3. The molecule has 106 valence electrons. The van der Waals surface area contributed by atoms with Gasteiger partial charge in [0.2, 0.25) is 5.91 Å². The summed E-state index contributed by atoms with van der Waals surface area (Å²) in [5.41, 5.74) is -0.802. The summed E-state index contributed by atoms with van der Waals surface area (Å²) in [5, 5.41) is 0. The van der Waals surface area contributed by atoms with Gasteiger partial charge in [-0.3, -0.25) is 4.79 Å². The van der Waals surface area contributed by atoms with Crippen LogP contribution in [0.2, 0.25) is 0 Å². The fourth-order valence-electron chi connectivity index (χ4n) is 1.99. The van der Waals surface area contributed by atoms with Crippen LogP contribution in [-0.2, 0) is 9.53 Å². The number of amides is 1. The maximum absolute atomic E-state index is 12.6. The summed E-state index contributed by atoms with van der Waals surface area (Å²) in [6.45, 7) is 4.56. The Kier molecular flexibility index (Phi) is 4.64. The van der Waals surface area contributed by atoms with Crippen LogP contribution in [0, 0.1) is 5.41 Å².